The molecule has 0 aromatic carbocycles. The highest BCUT2D eigenvalue weighted by atomic mass is 32.1. The van der Waals surface area contributed by atoms with Crippen LogP contribution in [0, 0.1) is 4.64 Å². The molecule has 0 radical (unpaired) electrons. The summed E-state index contributed by atoms with van der Waals surface area (Å²) >= 11 is 5.08. The molecule has 1 aromatic heterocycles. The minimum atomic E-state index is -0.0338. The average Bonchev–Trinajstić information content (AvgIpc) is 2.16. The molecule has 0 aliphatic carbocycles. The van der Waals surface area contributed by atoms with Crippen LogP contribution >= 0.6 is 12.2 Å². The molecular formula is C10H16N2OS. The highest BCUT2D eigenvalue weighted by molar-refractivity contribution is 7.71. The monoisotopic (exact) mass is 212 g/mol. The van der Waals surface area contributed by atoms with E-state index in [0.717, 1.165) is 24.4 Å². The third-order valence-corrected chi connectivity index (χ3v) is 2.28. The van der Waals surface area contributed by atoms with Gasteiger partial charge in [0.1, 0.15) is 16.6 Å². The molecule has 0 aliphatic heterocycles. The zero-order valence-electron chi connectivity index (χ0n) is 8.83. The Kier molecular flexibility index (Phi) is 4.22. The molecule has 0 saturated heterocycles. The normalized spacial score (nSPS) is 12.8. The lowest BCUT2D eigenvalue weighted by atomic mass is 10.2. The quantitative estimate of drug-likeness (QED) is 0.780. The van der Waals surface area contributed by atoms with Crippen molar-refractivity contribution in [3.8, 4) is 0 Å². The van der Waals surface area contributed by atoms with Crippen LogP contribution in [0.5, 0.6) is 0 Å². The van der Waals surface area contributed by atoms with Crippen LogP contribution in [-0.4, -0.2) is 17.1 Å². The van der Waals surface area contributed by atoms with Crippen molar-refractivity contribution in [1.29, 1.82) is 0 Å². The molecule has 0 amide bonds. The molecular weight excluding hydrogens is 196 g/mol. The molecule has 0 bridgehead atoms. The molecule has 1 N–H and O–H groups in total. The van der Waals surface area contributed by atoms with Gasteiger partial charge in [-0.1, -0.05) is 25.6 Å². The Hall–Kier alpha value is -0.740. The number of nitrogens with zero attached hydrogens (tertiary/aromatic N) is 1. The van der Waals surface area contributed by atoms with E-state index in [1.807, 2.05) is 13.0 Å². The van der Waals surface area contributed by atoms with Crippen molar-refractivity contribution in [2.45, 2.75) is 32.8 Å². The Balaban J connectivity index is 3.00. The molecule has 1 aromatic rings. The smallest absolute Gasteiger partial charge is 0.136 e. The fraction of sp³-hybridized carbons (Fsp3) is 0.600. The van der Waals surface area contributed by atoms with Gasteiger partial charge in [0.15, 0.2) is 0 Å². The average molecular weight is 212 g/mol. The molecule has 0 saturated carbocycles. The molecule has 1 atom stereocenters. The number of hydrogen-bond acceptors (Lipinski definition) is 3. The fourth-order valence-corrected chi connectivity index (χ4v) is 1.48. The summed E-state index contributed by atoms with van der Waals surface area (Å²) in [5.74, 6) is 0.809. The van der Waals surface area contributed by atoms with E-state index in [9.17, 15) is 0 Å². The summed E-state index contributed by atoms with van der Waals surface area (Å²) in [6.45, 7) is 4.08. The van der Waals surface area contributed by atoms with E-state index in [0.29, 0.717) is 4.64 Å². The molecule has 1 heterocycles. The first-order valence-electron chi connectivity index (χ1n) is 4.80. The van der Waals surface area contributed by atoms with E-state index < -0.39 is 0 Å². The SMILES string of the molecule is CCCc1cc(=S)nc(C(C)OC)[nH]1. The Labute approximate surface area is 89.5 Å². The molecule has 0 fully saturated rings. The molecule has 0 aliphatic rings. The number of nitrogens with one attached hydrogen (secondary N) is 1. The lowest BCUT2D eigenvalue weighted by Crippen LogP contribution is -2.05. The third kappa shape index (κ3) is 2.89. The maximum atomic E-state index is 5.18. The number of aromatic nitrogens is 2. The summed E-state index contributed by atoms with van der Waals surface area (Å²) in [5, 5.41) is 0. The van der Waals surface area contributed by atoms with E-state index in [1.165, 1.54) is 0 Å². The van der Waals surface area contributed by atoms with E-state index in [2.05, 4.69) is 16.9 Å². The Morgan fingerprint density at radius 3 is 2.93 bits per heavy atom. The lowest BCUT2D eigenvalue weighted by molar-refractivity contribution is 0.111. The van der Waals surface area contributed by atoms with Crippen LogP contribution in [0.2, 0.25) is 0 Å². The van der Waals surface area contributed by atoms with Crippen molar-refractivity contribution in [3.63, 3.8) is 0 Å². The van der Waals surface area contributed by atoms with Gasteiger partial charge in [0.05, 0.1) is 0 Å². The van der Waals surface area contributed by atoms with Crippen molar-refractivity contribution in [2.24, 2.45) is 0 Å². The number of aromatic amines is 1. The van der Waals surface area contributed by atoms with Crippen LogP contribution in [0.25, 0.3) is 0 Å². The van der Waals surface area contributed by atoms with E-state index in [4.69, 9.17) is 17.0 Å². The first kappa shape index (κ1) is 11.3. The second-order valence-corrected chi connectivity index (χ2v) is 3.68. The molecule has 1 rings (SSSR count). The van der Waals surface area contributed by atoms with E-state index in [-0.39, 0.29) is 6.10 Å². The molecule has 1 unspecified atom stereocenters. The van der Waals surface area contributed by atoms with Gasteiger partial charge in [-0.2, -0.15) is 0 Å². The summed E-state index contributed by atoms with van der Waals surface area (Å²) in [7, 11) is 1.66. The Bertz CT molecular complexity index is 348. The van der Waals surface area contributed by atoms with Crippen molar-refractivity contribution in [3.05, 3.63) is 22.2 Å². The van der Waals surface area contributed by atoms with Gasteiger partial charge in [-0.05, 0) is 19.4 Å². The number of ether oxygens (including phenoxy) is 1. The van der Waals surface area contributed by atoms with Crippen LogP contribution in [0.4, 0.5) is 0 Å². The number of aryl methyl sites for hydroxylation is 1. The number of hydrogen-bond donors (Lipinski definition) is 1. The summed E-state index contributed by atoms with van der Waals surface area (Å²) in [6.07, 6.45) is 2.06. The van der Waals surface area contributed by atoms with Crippen molar-refractivity contribution < 1.29 is 4.74 Å². The minimum absolute atomic E-state index is 0.0338. The standard InChI is InChI=1S/C10H16N2OS/c1-4-5-8-6-9(14)12-10(11-8)7(2)13-3/h6-7H,4-5H2,1-3H3,(H,11,12,14). The molecule has 3 nitrogen and oxygen atoms in total. The molecule has 4 heteroatoms. The van der Waals surface area contributed by atoms with E-state index in [1.54, 1.807) is 7.11 Å². The predicted molar refractivity (Wildman–Crippen MR) is 58.8 cm³/mol. The fourth-order valence-electron chi connectivity index (χ4n) is 1.24. The molecule has 14 heavy (non-hydrogen) atoms. The van der Waals surface area contributed by atoms with Gasteiger partial charge in [0.25, 0.3) is 0 Å². The van der Waals surface area contributed by atoms with Crippen LogP contribution in [0.1, 0.15) is 37.9 Å². The first-order valence-corrected chi connectivity index (χ1v) is 5.21. The van der Waals surface area contributed by atoms with Gasteiger partial charge in [0.2, 0.25) is 0 Å². The highest BCUT2D eigenvalue weighted by Crippen LogP contribution is 2.11. The summed E-state index contributed by atoms with van der Waals surface area (Å²) in [5.41, 5.74) is 1.13. The maximum Gasteiger partial charge on any atom is 0.136 e. The predicted octanol–water partition coefficient (Wildman–Crippen LogP) is 2.80. The maximum absolute atomic E-state index is 5.18. The van der Waals surface area contributed by atoms with Crippen molar-refractivity contribution >= 4 is 12.2 Å². The van der Waals surface area contributed by atoms with Gasteiger partial charge in [-0.15, -0.1) is 0 Å². The summed E-state index contributed by atoms with van der Waals surface area (Å²) in [4.78, 5) is 7.46. The van der Waals surface area contributed by atoms with Gasteiger partial charge >= 0.3 is 0 Å². The molecule has 78 valence electrons. The minimum Gasteiger partial charge on any atom is -0.374 e. The van der Waals surface area contributed by atoms with Crippen LogP contribution in [0.3, 0.4) is 0 Å². The number of rotatable bonds is 4. The second kappa shape index (κ2) is 5.22. The summed E-state index contributed by atoms with van der Waals surface area (Å²) in [6, 6.07) is 1.91. The zero-order chi connectivity index (χ0) is 10.6. The third-order valence-electron chi connectivity index (χ3n) is 2.07. The lowest BCUT2D eigenvalue weighted by Gasteiger charge is -2.10. The first-order chi connectivity index (χ1) is 6.67. The van der Waals surface area contributed by atoms with Gasteiger partial charge < -0.3 is 9.72 Å². The number of methoxy groups -OCH3 is 1. The Morgan fingerprint density at radius 1 is 1.64 bits per heavy atom. The second-order valence-electron chi connectivity index (χ2n) is 3.26. The van der Waals surface area contributed by atoms with Crippen LogP contribution in [0.15, 0.2) is 6.07 Å². The molecule has 0 spiro atoms. The van der Waals surface area contributed by atoms with Gasteiger partial charge in [-0.25, -0.2) is 4.98 Å². The van der Waals surface area contributed by atoms with Crippen molar-refractivity contribution in [2.75, 3.05) is 7.11 Å². The summed E-state index contributed by atoms with van der Waals surface area (Å²) < 4.78 is 5.81. The van der Waals surface area contributed by atoms with E-state index >= 15 is 0 Å². The van der Waals surface area contributed by atoms with Crippen LogP contribution in [-0.2, 0) is 11.2 Å². The number of H-pyrrole nitrogens is 1. The van der Waals surface area contributed by atoms with Gasteiger partial charge in [-0.3, -0.25) is 0 Å². The van der Waals surface area contributed by atoms with Crippen LogP contribution < -0.4 is 0 Å². The van der Waals surface area contributed by atoms with Crippen molar-refractivity contribution in [1.82, 2.24) is 9.97 Å². The topological polar surface area (TPSA) is 37.9 Å². The largest absolute Gasteiger partial charge is 0.374 e. The van der Waals surface area contributed by atoms with Gasteiger partial charge in [0, 0.05) is 12.8 Å². The zero-order valence-corrected chi connectivity index (χ0v) is 9.65. The highest BCUT2D eigenvalue weighted by Gasteiger charge is 2.06. The Morgan fingerprint density at radius 2 is 2.36 bits per heavy atom.